The molecule has 0 radical (unpaired) electrons. The van der Waals surface area contributed by atoms with Crippen LogP contribution < -0.4 is 15.1 Å². The van der Waals surface area contributed by atoms with E-state index in [9.17, 15) is 14.7 Å². The van der Waals surface area contributed by atoms with Gasteiger partial charge in [-0.25, -0.2) is 9.59 Å². The van der Waals surface area contributed by atoms with E-state index in [1.165, 1.54) is 6.08 Å². The van der Waals surface area contributed by atoms with Crippen LogP contribution in [0.15, 0.2) is 78.6 Å². The highest BCUT2D eigenvalue weighted by Crippen LogP contribution is 2.26. The maximum Gasteiger partial charge on any atom is 0.371 e. The lowest BCUT2D eigenvalue weighted by atomic mass is 10.0. The molecule has 2 N–H and O–H groups in total. The monoisotopic (exact) mass is 459 g/mol. The molecule has 0 aliphatic rings. The molecule has 176 valence electrons. The largest absolute Gasteiger partial charge is 0.487 e. The zero-order valence-corrected chi connectivity index (χ0v) is 19.8. The molecular weight excluding hydrogens is 430 g/mol. The van der Waals surface area contributed by atoms with E-state index in [4.69, 9.17) is 4.74 Å². The van der Waals surface area contributed by atoms with Crippen molar-refractivity contribution in [3.8, 4) is 11.1 Å². The Balaban J connectivity index is 1.74. The van der Waals surface area contributed by atoms with E-state index in [2.05, 4.69) is 5.32 Å². The smallest absolute Gasteiger partial charge is 0.371 e. The van der Waals surface area contributed by atoms with Crippen LogP contribution in [0.25, 0.3) is 17.2 Å². The van der Waals surface area contributed by atoms with Crippen LogP contribution in [-0.2, 0) is 9.53 Å². The highest BCUT2D eigenvalue weighted by molar-refractivity contribution is 6.01. The second kappa shape index (κ2) is 11.0. The summed E-state index contributed by atoms with van der Waals surface area (Å²) >= 11 is 0. The van der Waals surface area contributed by atoms with Crippen LogP contribution in [0.2, 0.25) is 0 Å². The molecule has 2 amide bonds. The normalized spacial score (nSPS) is 11.0. The summed E-state index contributed by atoms with van der Waals surface area (Å²) in [7, 11) is 5.65. The second-order valence-electron chi connectivity index (χ2n) is 7.85. The van der Waals surface area contributed by atoms with E-state index in [1.807, 2.05) is 91.8 Å². The summed E-state index contributed by atoms with van der Waals surface area (Å²) in [6.07, 6.45) is 1.50. The number of benzene rings is 3. The van der Waals surface area contributed by atoms with Crippen molar-refractivity contribution in [2.24, 2.45) is 0 Å². The van der Waals surface area contributed by atoms with Crippen LogP contribution in [-0.4, -0.2) is 44.9 Å². The number of carboxylic acid groups (broad SMARTS) is 1. The van der Waals surface area contributed by atoms with Crippen molar-refractivity contribution in [2.45, 2.75) is 6.92 Å². The molecule has 0 aromatic heterocycles. The number of rotatable bonds is 8. The summed E-state index contributed by atoms with van der Waals surface area (Å²) in [6, 6.07) is 22.5. The number of nitrogens with zero attached hydrogens (tertiary/aromatic N) is 2. The first-order valence-corrected chi connectivity index (χ1v) is 10.9. The number of amides is 2. The molecular formula is C27H29N3O4. The quantitative estimate of drug-likeness (QED) is 0.341. The Bertz CT molecular complexity index is 1170. The number of ether oxygens (including phenoxy) is 1. The Morgan fingerprint density at radius 3 is 2.18 bits per heavy atom. The van der Waals surface area contributed by atoms with Gasteiger partial charge in [-0.15, -0.1) is 0 Å². The van der Waals surface area contributed by atoms with E-state index in [1.54, 1.807) is 18.9 Å². The number of urea groups is 1. The number of nitrogens with one attached hydrogen (secondary N) is 1. The molecule has 7 heteroatoms. The number of anilines is 3. The van der Waals surface area contributed by atoms with Crippen LogP contribution >= 0.6 is 0 Å². The van der Waals surface area contributed by atoms with Gasteiger partial charge in [0.05, 0.1) is 6.61 Å². The Kier molecular flexibility index (Phi) is 7.92. The Labute approximate surface area is 199 Å². The minimum Gasteiger partial charge on any atom is -0.487 e. The van der Waals surface area contributed by atoms with Gasteiger partial charge in [-0.3, -0.25) is 4.90 Å². The third-order valence-electron chi connectivity index (χ3n) is 5.23. The maximum absolute atomic E-state index is 12.8. The van der Waals surface area contributed by atoms with Crippen molar-refractivity contribution >= 4 is 35.1 Å². The second-order valence-corrected chi connectivity index (χ2v) is 7.85. The zero-order valence-electron chi connectivity index (χ0n) is 19.8. The molecule has 0 saturated carbocycles. The molecule has 0 unspecified atom stereocenters. The van der Waals surface area contributed by atoms with E-state index in [0.717, 1.165) is 33.8 Å². The van der Waals surface area contributed by atoms with Gasteiger partial charge < -0.3 is 20.1 Å². The topological polar surface area (TPSA) is 82.1 Å². The van der Waals surface area contributed by atoms with Crippen LogP contribution in [0, 0.1) is 0 Å². The fourth-order valence-electron chi connectivity index (χ4n) is 3.31. The fraction of sp³-hybridized carbons (Fsp3) is 0.185. The molecule has 0 fully saturated rings. The van der Waals surface area contributed by atoms with Crippen molar-refractivity contribution in [3.05, 3.63) is 84.1 Å². The third-order valence-corrected chi connectivity index (χ3v) is 5.23. The van der Waals surface area contributed by atoms with Crippen LogP contribution in [0.3, 0.4) is 0 Å². The Morgan fingerprint density at radius 2 is 1.59 bits per heavy atom. The predicted molar refractivity (Wildman–Crippen MR) is 137 cm³/mol. The standard InChI is InChI=1S/C27H29N3O4/c1-5-34-25(26(31)32)17-19-9-11-20(12-10-19)21-7-6-8-24(18-21)30(4)27(33)28-22-13-15-23(16-14-22)29(2)3/h6-18H,5H2,1-4H3,(H,28,33)(H,31,32)/b25-17+. The zero-order chi connectivity index (χ0) is 24.7. The molecule has 7 nitrogen and oxygen atoms in total. The summed E-state index contributed by atoms with van der Waals surface area (Å²) in [5, 5.41) is 12.1. The van der Waals surface area contributed by atoms with E-state index >= 15 is 0 Å². The van der Waals surface area contributed by atoms with Gasteiger partial charge in [0.15, 0.2) is 0 Å². The summed E-state index contributed by atoms with van der Waals surface area (Å²) < 4.78 is 5.16. The molecule has 0 aliphatic heterocycles. The number of hydrogen-bond acceptors (Lipinski definition) is 4. The van der Waals surface area contributed by atoms with Gasteiger partial charge in [0.1, 0.15) is 0 Å². The van der Waals surface area contributed by atoms with Gasteiger partial charge in [-0.05, 0) is 66.1 Å². The van der Waals surface area contributed by atoms with Crippen molar-refractivity contribution in [2.75, 3.05) is 42.9 Å². The summed E-state index contributed by atoms with van der Waals surface area (Å²) in [5.41, 5.74) is 5.12. The average Bonchev–Trinajstić information content (AvgIpc) is 2.84. The fourth-order valence-corrected chi connectivity index (χ4v) is 3.31. The lowest BCUT2D eigenvalue weighted by Gasteiger charge is -2.19. The lowest BCUT2D eigenvalue weighted by Crippen LogP contribution is -2.31. The first kappa shape index (κ1) is 24.4. The first-order chi connectivity index (χ1) is 16.3. The predicted octanol–water partition coefficient (Wildman–Crippen LogP) is 5.55. The van der Waals surface area contributed by atoms with E-state index in [0.29, 0.717) is 0 Å². The number of carbonyl (C=O) groups excluding carboxylic acids is 1. The molecule has 0 saturated heterocycles. The Morgan fingerprint density at radius 1 is 0.912 bits per heavy atom. The summed E-state index contributed by atoms with van der Waals surface area (Å²) in [6.45, 7) is 2.02. The molecule has 0 aliphatic carbocycles. The van der Waals surface area contributed by atoms with Gasteiger partial charge in [-0.1, -0.05) is 36.4 Å². The minimum absolute atomic E-state index is 0.0961. The van der Waals surface area contributed by atoms with Gasteiger partial charge >= 0.3 is 12.0 Å². The van der Waals surface area contributed by atoms with Crippen molar-refractivity contribution in [3.63, 3.8) is 0 Å². The van der Waals surface area contributed by atoms with Gasteiger partial charge in [-0.2, -0.15) is 0 Å². The third kappa shape index (κ3) is 6.16. The molecule has 0 atom stereocenters. The van der Waals surface area contributed by atoms with Crippen LogP contribution in [0.4, 0.5) is 21.9 Å². The summed E-state index contributed by atoms with van der Waals surface area (Å²) in [5.74, 6) is -1.20. The number of aliphatic carboxylic acids is 1. The maximum atomic E-state index is 12.8. The molecule has 0 bridgehead atoms. The molecule has 3 aromatic rings. The lowest BCUT2D eigenvalue weighted by molar-refractivity contribution is -0.136. The van der Waals surface area contributed by atoms with Gasteiger partial charge in [0, 0.05) is 38.2 Å². The van der Waals surface area contributed by atoms with Crippen molar-refractivity contribution < 1.29 is 19.4 Å². The van der Waals surface area contributed by atoms with Crippen LogP contribution in [0.1, 0.15) is 12.5 Å². The molecule has 3 rings (SSSR count). The molecule has 3 aromatic carbocycles. The highest BCUT2D eigenvalue weighted by Gasteiger charge is 2.13. The molecule has 0 spiro atoms. The number of carboxylic acids is 1. The van der Waals surface area contributed by atoms with Crippen molar-refractivity contribution in [1.82, 2.24) is 0 Å². The summed E-state index contributed by atoms with van der Waals surface area (Å²) in [4.78, 5) is 27.6. The van der Waals surface area contributed by atoms with Crippen LogP contribution in [0.5, 0.6) is 0 Å². The first-order valence-electron chi connectivity index (χ1n) is 10.9. The average molecular weight is 460 g/mol. The van der Waals surface area contributed by atoms with E-state index < -0.39 is 5.97 Å². The van der Waals surface area contributed by atoms with Gasteiger partial charge in [0.25, 0.3) is 0 Å². The Hall–Kier alpha value is -4.26. The van der Waals surface area contributed by atoms with Crippen molar-refractivity contribution in [1.29, 1.82) is 0 Å². The SMILES string of the molecule is CCO/C(=C/c1ccc(-c2cccc(N(C)C(=O)Nc3ccc(N(C)C)cc3)c2)cc1)C(=O)O. The number of hydrogen-bond donors (Lipinski definition) is 2. The molecule has 34 heavy (non-hydrogen) atoms. The van der Waals surface area contributed by atoms with Gasteiger partial charge in [0.2, 0.25) is 5.76 Å². The number of carbonyl (C=O) groups is 2. The molecule has 0 heterocycles. The minimum atomic E-state index is -1.10. The highest BCUT2D eigenvalue weighted by atomic mass is 16.5. The van der Waals surface area contributed by atoms with E-state index in [-0.39, 0.29) is 18.4 Å².